The second-order valence-electron chi connectivity index (χ2n) is 3.70. The molecular formula is C11H11ClN4O3. The number of anilines is 1. The summed E-state index contributed by atoms with van der Waals surface area (Å²) in [5, 5.41) is 11.0. The Kier molecular flexibility index (Phi) is 3.96. The summed E-state index contributed by atoms with van der Waals surface area (Å²) < 4.78 is 5.23. The summed E-state index contributed by atoms with van der Waals surface area (Å²) in [6.07, 6.45) is 2.65. The molecule has 0 radical (unpaired) electrons. The Bertz CT molecular complexity index is 573. The summed E-state index contributed by atoms with van der Waals surface area (Å²) in [7, 11) is 0. The number of hydrogen-bond donors (Lipinski definition) is 0. The van der Waals surface area contributed by atoms with Crippen molar-refractivity contribution in [3.05, 3.63) is 45.8 Å². The molecule has 100 valence electrons. The molecule has 2 heterocycles. The SMILES string of the molecule is CCN(Cc1ccco1)c1nc(Cl)ncc1[N+](=O)[O-]. The highest BCUT2D eigenvalue weighted by atomic mass is 35.5. The molecule has 0 fully saturated rings. The molecular weight excluding hydrogens is 272 g/mol. The van der Waals surface area contributed by atoms with Gasteiger partial charge in [-0.05, 0) is 30.7 Å². The van der Waals surface area contributed by atoms with Crippen molar-refractivity contribution in [2.24, 2.45) is 0 Å². The fourth-order valence-electron chi connectivity index (χ4n) is 1.63. The fraction of sp³-hybridized carbons (Fsp3) is 0.273. The summed E-state index contributed by atoms with van der Waals surface area (Å²) in [5.74, 6) is 0.870. The van der Waals surface area contributed by atoms with Crippen molar-refractivity contribution < 1.29 is 9.34 Å². The van der Waals surface area contributed by atoms with Gasteiger partial charge in [-0.2, -0.15) is 4.98 Å². The molecule has 0 atom stereocenters. The molecule has 8 heteroatoms. The number of nitro groups is 1. The lowest BCUT2D eigenvalue weighted by Crippen LogP contribution is -2.24. The van der Waals surface area contributed by atoms with Gasteiger partial charge in [-0.3, -0.25) is 10.1 Å². The van der Waals surface area contributed by atoms with Crippen LogP contribution in [-0.2, 0) is 6.54 Å². The van der Waals surface area contributed by atoms with E-state index in [0.29, 0.717) is 18.8 Å². The second kappa shape index (κ2) is 5.66. The van der Waals surface area contributed by atoms with E-state index in [1.165, 1.54) is 0 Å². The number of aromatic nitrogens is 2. The molecule has 0 amide bonds. The van der Waals surface area contributed by atoms with E-state index in [4.69, 9.17) is 16.0 Å². The van der Waals surface area contributed by atoms with Gasteiger partial charge in [-0.1, -0.05) is 0 Å². The first-order chi connectivity index (χ1) is 9.11. The molecule has 0 saturated carbocycles. The van der Waals surface area contributed by atoms with Gasteiger partial charge in [0.25, 0.3) is 0 Å². The Balaban J connectivity index is 2.36. The standard InChI is InChI=1S/C11H11ClN4O3/c1-2-15(7-8-4-3-5-19-8)10-9(16(17)18)6-13-11(12)14-10/h3-6H,2,7H2,1H3. The minimum absolute atomic E-state index is 0.0292. The smallest absolute Gasteiger partial charge is 0.329 e. The molecule has 7 nitrogen and oxygen atoms in total. The summed E-state index contributed by atoms with van der Waals surface area (Å²) in [6, 6.07) is 3.54. The van der Waals surface area contributed by atoms with E-state index in [-0.39, 0.29) is 16.8 Å². The molecule has 2 aromatic rings. The van der Waals surface area contributed by atoms with Gasteiger partial charge in [0, 0.05) is 6.54 Å². The zero-order valence-corrected chi connectivity index (χ0v) is 10.9. The Morgan fingerprint density at radius 2 is 2.37 bits per heavy atom. The highest BCUT2D eigenvalue weighted by molar-refractivity contribution is 6.28. The normalized spacial score (nSPS) is 10.4. The zero-order chi connectivity index (χ0) is 13.8. The molecule has 0 bridgehead atoms. The molecule has 2 rings (SSSR count). The van der Waals surface area contributed by atoms with Crippen LogP contribution in [0, 0.1) is 10.1 Å². The lowest BCUT2D eigenvalue weighted by atomic mass is 10.3. The Labute approximate surface area is 114 Å². The van der Waals surface area contributed by atoms with Gasteiger partial charge in [0.2, 0.25) is 11.1 Å². The number of nitrogens with zero attached hydrogens (tertiary/aromatic N) is 4. The van der Waals surface area contributed by atoms with E-state index in [0.717, 1.165) is 6.20 Å². The number of halogens is 1. The van der Waals surface area contributed by atoms with Crippen LogP contribution in [0.2, 0.25) is 5.28 Å². The summed E-state index contributed by atoms with van der Waals surface area (Å²) in [6.45, 7) is 2.76. The van der Waals surface area contributed by atoms with Crippen LogP contribution >= 0.6 is 11.6 Å². The first-order valence-corrected chi connectivity index (χ1v) is 5.94. The van der Waals surface area contributed by atoms with Crippen LogP contribution in [0.15, 0.2) is 29.0 Å². The third kappa shape index (κ3) is 3.00. The molecule has 19 heavy (non-hydrogen) atoms. The summed E-state index contributed by atoms with van der Waals surface area (Å²) >= 11 is 5.71. The van der Waals surface area contributed by atoms with Crippen LogP contribution < -0.4 is 4.90 Å². The molecule has 0 aliphatic heterocycles. The van der Waals surface area contributed by atoms with E-state index in [2.05, 4.69) is 9.97 Å². The highest BCUT2D eigenvalue weighted by Gasteiger charge is 2.22. The van der Waals surface area contributed by atoms with Crippen LogP contribution in [0.25, 0.3) is 0 Å². The average molecular weight is 283 g/mol. The third-order valence-corrected chi connectivity index (χ3v) is 2.71. The summed E-state index contributed by atoms with van der Waals surface area (Å²) in [4.78, 5) is 19.7. The van der Waals surface area contributed by atoms with Crippen molar-refractivity contribution in [2.75, 3.05) is 11.4 Å². The maximum absolute atomic E-state index is 11.0. The average Bonchev–Trinajstić information content (AvgIpc) is 2.88. The van der Waals surface area contributed by atoms with Crippen LogP contribution in [-0.4, -0.2) is 21.4 Å². The molecule has 0 N–H and O–H groups in total. The maximum atomic E-state index is 11.0. The van der Waals surface area contributed by atoms with Crippen molar-refractivity contribution in [2.45, 2.75) is 13.5 Å². The van der Waals surface area contributed by atoms with E-state index in [9.17, 15) is 10.1 Å². The van der Waals surface area contributed by atoms with E-state index >= 15 is 0 Å². The van der Waals surface area contributed by atoms with Gasteiger partial charge in [-0.25, -0.2) is 4.98 Å². The summed E-state index contributed by atoms with van der Waals surface area (Å²) in [5.41, 5.74) is -0.183. The molecule has 2 aromatic heterocycles. The van der Waals surface area contributed by atoms with Crippen molar-refractivity contribution in [1.29, 1.82) is 0 Å². The monoisotopic (exact) mass is 282 g/mol. The largest absolute Gasteiger partial charge is 0.467 e. The van der Waals surface area contributed by atoms with Crippen LogP contribution in [0.5, 0.6) is 0 Å². The molecule has 0 saturated heterocycles. The highest BCUT2D eigenvalue weighted by Crippen LogP contribution is 2.27. The van der Waals surface area contributed by atoms with Crippen LogP contribution in [0.3, 0.4) is 0 Å². The van der Waals surface area contributed by atoms with E-state index in [1.807, 2.05) is 6.92 Å². The Hall–Kier alpha value is -2.15. The lowest BCUT2D eigenvalue weighted by Gasteiger charge is -2.20. The van der Waals surface area contributed by atoms with Crippen LogP contribution in [0.1, 0.15) is 12.7 Å². The minimum Gasteiger partial charge on any atom is -0.467 e. The molecule has 0 spiro atoms. The number of furan rings is 1. The van der Waals surface area contributed by atoms with Gasteiger partial charge >= 0.3 is 5.69 Å². The van der Waals surface area contributed by atoms with Crippen molar-refractivity contribution in [3.8, 4) is 0 Å². The van der Waals surface area contributed by atoms with Gasteiger partial charge in [0.15, 0.2) is 0 Å². The first-order valence-electron chi connectivity index (χ1n) is 5.56. The molecule has 0 unspecified atom stereocenters. The number of rotatable bonds is 5. The maximum Gasteiger partial charge on any atom is 0.329 e. The van der Waals surface area contributed by atoms with Gasteiger partial charge < -0.3 is 9.32 Å². The predicted molar refractivity (Wildman–Crippen MR) is 69.1 cm³/mol. The Morgan fingerprint density at radius 1 is 1.58 bits per heavy atom. The fourth-order valence-corrected chi connectivity index (χ4v) is 1.76. The molecule has 0 aliphatic carbocycles. The molecule has 0 aliphatic rings. The number of hydrogen-bond acceptors (Lipinski definition) is 6. The van der Waals surface area contributed by atoms with Gasteiger partial charge in [-0.15, -0.1) is 0 Å². The second-order valence-corrected chi connectivity index (χ2v) is 4.04. The first kappa shape index (κ1) is 13.3. The van der Waals surface area contributed by atoms with Gasteiger partial charge in [0.05, 0.1) is 17.7 Å². The third-order valence-electron chi connectivity index (χ3n) is 2.53. The van der Waals surface area contributed by atoms with Gasteiger partial charge in [0.1, 0.15) is 12.0 Å². The van der Waals surface area contributed by atoms with Crippen molar-refractivity contribution in [1.82, 2.24) is 9.97 Å². The van der Waals surface area contributed by atoms with E-state index < -0.39 is 4.92 Å². The quantitative estimate of drug-likeness (QED) is 0.476. The Morgan fingerprint density at radius 3 is 2.95 bits per heavy atom. The topological polar surface area (TPSA) is 85.3 Å². The van der Waals surface area contributed by atoms with E-state index in [1.54, 1.807) is 23.3 Å². The van der Waals surface area contributed by atoms with Crippen molar-refractivity contribution >= 4 is 23.1 Å². The minimum atomic E-state index is -0.531. The van der Waals surface area contributed by atoms with Crippen molar-refractivity contribution in [3.63, 3.8) is 0 Å². The molecule has 0 aromatic carbocycles. The zero-order valence-electron chi connectivity index (χ0n) is 10.1. The predicted octanol–water partition coefficient (Wildman–Crippen LogP) is 2.66. The lowest BCUT2D eigenvalue weighted by molar-refractivity contribution is -0.384. The van der Waals surface area contributed by atoms with Crippen LogP contribution in [0.4, 0.5) is 11.5 Å².